The van der Waals surface area contributed by atoms with E-state index in [0.717, 1.165) is 18.5 Å². The van der Waals surface area contributed by atoms with Crippen molar-refractivity contribution in [2.75, 3.05) is 42.3 Å². The van der Waals surface area contributed by atoms with E-state index >= 15 is 0 Å². The molecule has 1 aliphatic carbocycles. The highest BCUT2D eigenvalue weighted by Gasteiger charge is 2.22. The molecule has 0 spiro atoms. The summed E-state index contributed by atoms with van der Waals surface area (Å²) in [5.74, 6) is 0.345. The quantitative estimate of drug-likeness (QED) is 0.577. The summed E-state index contributed by atoms with van der Waals surface area (Å²) in [5.41, 5.74) is 4.13. The number of morpholine rings is 1. The molecule has 1 amide bonds. The number of thioether (sulfide) groups is 1. The zero-order valence-electron chi connectivity index (χ0n) is 17.6. The van der Waals surface area contributed by atoms with Crippen LogP contribution in [-0.4, -0.2) is 52.7 Å². The monoisotopic (exact) mass is 453 g/mol. The highest BCUT2D eigenvalue weighted by atomic mass is 32.2. The maximum Gasteiger partial charge on any atom is 0.234 e. The fourth-order valence-electron chi connectivity index (χ4n) is 4.14. The van der Waals surface area contributed by atoms with Crippen LogP contribution in [0.4, 0.5) is 16.0 Å². The lowest BCUT2D eigenvalue weighted by Crippen LogP contribution is -2.37. The summed E-state index contributed by atoms with van der Waals surface area (Å²) in [7, 11) is 0. The van der Waals surface area contributed by atoms with Gasteiger partial charge in [0, 0.05) is 18.8 Å². The van der Waals surface area contributed by atoms with Gasteiger partial charge in [-0.3, -0.25) is 9.36 Å². The minimum absolute atomic E-state index is 0.116. The van der Waals surface area contributed by atoms with Crippen LogP contribution < -0.4 is 10.2 Å². The maximum absolute atomic E-state index is 14.0. The summed E-state index contributed by atoms with van der Waals surface area (Å²) in [5, 5.41) is 12.2. The normalized spacial score (nSPS) is 15.6. The molecule has 1 saturated heterocycles. The Labute approximate surface area is 190 Å². The minimum atomic E-state index is -0.338. The van der Waals surface area contributed by atoms with Crippen LogP contribution in [0.25, 0.3) is 5.69 Å². The first-order chi connectivity index (χ1) is 15.7. The number of hydrogen-bond acceptors (Lipinski definition) is 6. The predicted octanol–water partition coefficient (Wildman–Crippen LogP) is 3.46. The number of aromatic nitrogens is 3. The zero-order valence-corrected chi connectivity index (χ0v) is 18.4. The van der Waals surface area contributed by atoms with Crippen LogP contribution in [0.15, 0.2) is 47.6 Å². The largest absolute Gasteiger partial charge is 0.378 e. The molecule has 9 heteroatoms. The molecular weight excluding hydrogens is 429 g/mol. The van der Waals surface area contributed by atoms with Gasteiger partial charge in [0.2, 0.25) is 11.9 Å². The number of hydrogen-bond donors (Lipinski definition) is 1. The lowest BCUT2D eigenvalue weighted by atomic mass is 10.1. The molecule has 1 N–H and O–H groups in total. The van der Waals surface area contributed by atoms with E-state index in [-0.39, 0.29) is 17.5 Å². The number of anilines is 2. The molecule has 0 bridgehead atoms. The summed E-state index contributed by atoms with van der Waals surface area (Å²) in [6.45, 7) is 2.55. The van der Waals surface area contributed by atoms with Crippen LogP contribution in [-0.2, 0) is 22.4 Å². The summed E-state index contributed by atoms with van der Waals surface area (Å²) >= 11 is 1.28. The highest BCUT2D eigenvalue weighted by molar-refractivity contribution is 7.99. The van der Waals surface area contributed by atoms with Crippen molar-refractivity contribution in [1.29, 1.82) is 0 Å². The van der Waals surface area contributed by atoms with Crippen LogP contribution in [0, 0.1) is 5.82 Å². The maximum atomic E-state index is 14.0. The average molecular weight is 454 g/mol. The Kier molecular flexibility index (Phi) is 6.09. The third-order valence-corrected chi connectivity index (χ3v) is 6.62. The van der Waals surface area contributed by atoms with Gasteiger partial charge >= 0.3 is 0 Å². The molecule has 2 heterocycles. The van der Waals surface area contributed by atoms with Crippen LogP contribution >= 0.6 is 11.8 Å². The summed E-state index contributed by atoms with van der Waals surface area (Å²) in [6, 6.07) is 12.4. The second-order valence-electron chi connectivity index (χ2n) is 7.87. The van der Waals surface area contributed by atoms with E-state index in [1.54, 1.807) is 6.07 Å². The van der Waals surface area contributed by atoms with E-state index in [4.69, 9.17) is 4.74 Å². The van der Waals surface area contributed by atoms with Gasteiger partial charge in [0.1, 0.15) is 5.82 Å². The van der Waals surface area contributed by atoms with Gasteiger partial charge in [-0.15, -0.1) is 10.2 Å². The summed E-state index contributed by atoms with van der Waals surface area (Å²) < 4.78 is 21.2. The molecule has 2 aliphatic rings. The Balaban J connectivity index is 1.33. The Bertz CT molecular complexity index is 1130. The van der Waals surface area contributed by atoms with E-state index in [2.05, 4.69) is 32.5 Å². The molecule has 0 unspecified atom stereocenters. The van der Waals surface area contributed by atoms with Gasteiger partial charge in [0.25, 0.3) is 0 Å². The molecular formula is C23H24FN5O2S. The van der Waals surface area contributed by atoms with Gasteiger partial charge in [-0.1, -0.05) is 23.9 Å². The van der Waals surface area contributed by atoms with Crippen molar-refractivity contribution in [3.8, 4) is 5.69 Å². The fraction of sp³-hybridized carbons (Fsp3) is 0.348. The molecule has 0 radical (unpaired) electrons. The molecule has 7 nitrogen and oxygen atoms in total. The first-order valence-electron chi connectivity index (χ1n) is 10.8. The molecule has 3 aromatic rings. The van der Waals surface area contributed by atoms with Crippen molar-refractivity contribution in [2.45, 2.75) is 24.4 Å². The molecule has 2 aromatic carbocycles. The number of rotatable bonds is 6. The molecule has 32 heavy (non-hydrogen) atoms. The Morgan fingerprint density at radius 2 is 1.94 bits per heavy atom. The van der Waals surface area contributed by atoms with Crippen LogP contribution in [0.1, 0.15) is 17.5 Å². The number of carbonyl (C=O) groups is 1. The summed E-state index contributed by atoms with van der Waals surface area (Å²) in [6.07, 6.45) is 3.35. The van der Waals surface area contributed by atoms with Crippen molar-refractivity contribution in [2.24, 2.45) is 0 Å². The standard InChI is InChI=1S/C23H24FN5O2S/c24-18-5-2-6-20(14-18)29-22(28-9-11-31-12-10-28)26-27-23(29)32-15-21(30)25-19-8-7-16-3-1-4-17(16)13-19/h2,5-8,13-14H,1,3-4,9-12,15H2,(H,25,30). The van der Waals surface area contributed by atoms with Crippen LogP contribution in [0.3, 0.4) is 0 Å². The van der Waals surface area contributed by atoms with E-state index in [9.17, 15) is 9.18 Å². The third kappa shape index (κ3) is 4.49. The van der Waals surface area contributed by atoms with Crippen LogP contribution in [0.2, 0.25) is 0 Å². The van der Waals surface area contributed by atoms with Gasteiger partial charge in [0.05, 0.1) is 24.7 Å². The van der Waals surface area contributed by atoms with Gasteiger partial charge in [-0.25, -0.2) is 4.39 Å². The third-order valence-electron chi connectivity index (χ3n) is 5.69. The second-order valence-corrected chi connectivity index (χ2v) is 8.81. The Morgan fingerprint density at radius 1 is 1.09 bits per heavy atom. The number of benzene rings is 2. The van der Waals surface area contributed by atoms with Gasteiger partial charge < -0.3 is 15.0 Å². The van der Waals surface area contributed by atoms with Crippen molar-refractivity contribution < 1.29 is 13.9 Å². The minimum Gasteiger partial charge on any atom is -0.378 e. The van der Waals surface area contributed by atoms with Crippen molar-refractivity contribution in [1.82, 2.24) is 14.8 Å². The topological polar surface area (TPSA) is 72.3 Å². The van der Waals surface area contributed by atoms with Gasteiger partial charge in [0.15, 0.2) is 5.16 Å². The van der Waals surface area contributed by atoms with E-state index in [0.29, 0.717) is 43.1 Å². The second kappa shape index (κ2) is 9.30. The summed E-state index contributed by atoms with van der Waals surface area (Å²) in [4.78, 5) is 14.7. The molecule has 1 aromatic heterocycles. The molecule has 1 fully saturated rings. The van der Waals surface area contributed by atoms with Crippen molar-refractivity contribution in [3.05, 3.63) is 59.4 Å². The smallest absolute Gasteiger partial charge is 0.234 e. The molecule has 1 aliphatic heterocycles. The van der Waals surface area contributed by atoms with Crippen LogP contribution in [0.5, 0.6) is 0 Å². The molecule has 5 rings (SSSR count). The van der Waals surface area contributed by atoms with Gasteiger partial charge in [-0.2, -0.15) is 0 Å². The average Bonchev–Trinajstić information content (AvgIpc) is 3.45. The first kappa shape index (κ1) is 21.0. The molecule has 0 saturated carbocycles. The number of amides is 1. The predicted molar refractivity (Wildman–Crippen MR) is 122 cm³/mol. The van der Waals surface area contributed by atoms with E-state index < -0.39 is 0 Å². The number of nitrogens with one attached hydrogen (secondary N) is 1. The number of nitrogens with zero attached hydrogens (tertiary/aromatic N) is 4. The zero-order chi connectivity index (χ0) is 21.9. The lowest BCUT2D eigenvalue weighted by Gasteiger charge is -2.27. The fourth-order valence-corrected chi connectivity index (χ4v) is 4.89. The number of aryl methyl sites for hydroxylation is 2. The Morgan fingerprint density at radius 3 is 2.78 bits per heavy atom. The number of fused-ring (bicyclic) bond motifs is 1. The Hall–Kier alpha value is -2.91. The first-order valence-corrected chi connectivity index (χ1v) is 11.7. The van der Waals surface area contributed by atoms with E-state index in [1.807, 2.05) is 16.7 Å². The molecule has 166 valence electrons. The SMILES string of the molecule is O=C(CSc1nnc(N2CCOCC2)n1-c1cccc(F)c1)Nc1ccc2c(c1)CCC2. The number of carbonyl (C=O) groups excluding carboxylic acids is 1. The van der Waals surface area contributed by atoms with Gasteiger partial charge in [-0.05, 0) is 60.7 Å². The van der Waals surface area contributed by atoms with Crippen molar-refractivity contribution >= 4 is 29.3 Å². The van der Waals surface area contributed by atoms with Crippen molar-refractivity contribution in [3.63, 3.8) is 0 Å². The molecule has 0 atom stereocenters. The highest BCUT2D eigenvalue weighted by Crippen LogP contribution is 2.28. The number of ether oxygens (including phenoxy) is 1. The number of halogens is 1. The lowest BCUT2D eigenvalue weighted by molar-refractivity contribution is -0.113. The van der Waals surface area contributed by atoms with E-state index in [1.165, 1.54) is 41.4 Å².